The summed E-state index contributed by atoms with van der Waals surface area (Å²) in [6.45, 7) is 1.17. The third-order valence-corrected chi connectivity index (χ3v) is 3.98. The molecule has 1 aliphatic rings. The van der Waals surface area contributed by atoms with E-state index in [1.807, 2.05) is 5.38 Å². The molecule has 0 aliphatic heterocycles. The van der Waals surface area contributed by atoms with Crippen LogP contribution < -0.4 is 11.1 Å². The van der Waals surface area contributed by atoms with Gasteiger partial charge in [0.15, 0.2) is 0 Å². The highest BCUT2D eigenvalue weighted by Crippen LogP contribution is 2.30. The SMILES string of the molecule is Cl.Cl.NC[C@H]1CCC[C@H]1C(=O)NCc1nccs1. The minimum Gasteiger partial charge on any atom is -0.349 e. The summed E-state index contributed by atoms with van der Waals surface area (Å²) in [6, 6.07) is 0. The van der Waals surface area contributed by atoms with Gasteiger partial charge in [-0.15, -0.1) is 36.2 Å². The second-order valence-corrected chi connectivity index (χ2v) is 5.16. The monoisotopic (exact) mass is 311 g/mol. The molecule has 4 nitrogen and oxygen atoms in total. The Bertz CT molecular complexity index is 348. The topological polar surface area (TPSA) is 68.0 Å². The Labute approximate surface area is 124 Å². The summed E-state index contributed by atoms with van der Waals surface area (Å²) in [5, 5.41) is 5.82. The second-order valence-electron chi connectivity index (χ2n) is 4.18. The highest BCUT2D eigenvalue weighted by atomic mass is 35.5. The molecule has 2 rings (SSSR count). The molecule has 0 saturated heterocycles. The average molecular weight is 312 g/mol. The van der Waals surface area contributed by atoms with Gasteiger partial charge in [0.25, 0.3) is 0 Å². The van der Waals surface area contributed by atoms with Crippen LogP contribution in [0.3, 0.4) is 0 Å². The van der Waals surface area contributed by atoms with Crippen molar-refractivity contribution < 1.29 is 4.79 Å². The number of nitrogens with one attached hydrogen (secondary N) is 1. The number of thiazole rings is 1. The Hall–Kier alpha value is -0.360. The minimum atomic E-state index is 0. The average Bonchev–Trinajstić information content (AvgIpc) is 2.96. The maximum Gasteiger partial charge on any atom is 0.223 e. The van der Waals surface area contributed by atoms with E-state index >= 15 is 0 Å². The number of nitrogens with two attached hydrogens (primary N) is 1. The predicted octanol–water partition coefficient (Wildman–Crippen LogP) is 1.98. The molecule has 0 aromatic carbocycles. The van der Waals surface area contributed by atoms with Crippen molar-refractivity contribution in [2.45, 2.75) is 25.8 Å². The molecule has 1 aromatic heterocycles. The van der Waals surface area contributed by atoms with Crippen LogP contribution in [0.1, 0.15) is 24.3 Å². The normalized spacial score (nSPS) is 21.8. The van der Waals surface area contributed by atoms with Crippen molar-refractivity contribution in [2.24, 2.45) is 17.6 Å². The van der Waals surface area contributed by atoms with Crippen LogP contribution in [0.2, 0.25) is 0 Å². The maximum atomic E-state index is 11.9. The van der Waals surface area contributed by atoms with Crippen molar-refractivity contribution in [3.8, 4) is 0 Å². The molecule has 18 heavy (non-hydrogen) atoms. The van der Waals surface area contributed by atoms with Crippen LogP contribution in [0.25, 0.3) is 0 Å². The molecule has 7 heteroatoms. The lowest BCUT2D eigenvalue weighted by atomic mass is 9.95. The van der Waals surface area contributed by atoms with Gasteiger partial charge in [-0.3, -0.25) is 4.79 Å². The van der Waals surface area contributed by atoms with Crippen LogP contribution in [-0.2, 0) is 11.3 Å². The van der Waals surface area contributed by atoms with E-state index in [1.54, 1.807) is 17.5 Å². The third kappa shape index (κ3) is 4.39. The summed E-state index contributed by atoms with van der Waals surface area (Å²) in [4.78, 5) is 16.1. The summed E-state index contributed by atoms with van der Waals surface area (Å²) in [6.07, 6.45) is 4.94. The van der Waals surface area contributed by atoms with Crippen molar-refractivity contribution in [2.75, 3.05) is 6.54 Å². The number of hydrogen-bond acceptors (Lipinski definition) is 4. The van der Waals surface area contributed by atoms with E-state index in [0.717, 1.165) is 24.3 Å². The molecule has 0 radical (unpaired) electrons. The Morgan fingerprint density at radius 1 is 1.50 bits per heavy atom. The first-order chi connectivity index (χ1) is 7.81. The lowest BCUT2D eigenvalue weighted by molar-refractivity contribution is -0.126. The lowest BCUT2D eigenvalue weighted by Crippen LogP contribution is -2.34. The van der Waals surface area contributed by atoms with E-state index in [1.165, 1.54) is 0 Å². The van der Waals surface area contributed by atoms with E-state index in [-0.39, 0.29) is 36.6 Å². The molecular weight excluding hydrogens is 293 g/mol. The molecule has 0 spiro atoms. The highest BCUT2D eigenvalue weighted by molar-refractivity contribution is 7.09. The Kier molecular flexibility index (Phi) is 8.52. The van der Waals surface area contributed by atoms with Crippen LogP contribution >= 0.6 is 36.2 Å². The van der Waals surface area contributed by atoms with E-state index in [0.29, 0.717) is 19.0 Å². The predicted molar refractivity (Wildman–Crippen MR) is 78.3 cm³/mol. The quantitative estimate of drug-likeness (QED) is 0.893. The summed E-state index contributed by atoms with van der Waals surface area (Å²) >= 11 is 1.56. The fourth-order valence-corrected chi connectivity index (χ4v) is 2.85. The van der Waals surface area contributed by atoms with Crippen LogP contribution in [0.5, 0.6) is 0 Å². The lowest BCUT2D eigenvalue weighted by Gasteiger charge is -2.16. The minimum absolute atomic E-state index is 0. The molecule has 0 bridgehead atoms. The van der Waals surface area contributed by atoms with E-state index in [4.69, 9.17) is 5.73 Å². The summed E-state index contributed by atoms with van der Waals surface area (Å²) in [7, 11) is 0. The number of amides is 1. The van der Waals surface area contributed by atoms with Gasteiger partial charge in [0.05, 0.1) is 6.54 Å². The molecule has 1 aromatic rings. The molecular formula is C11H19Cl2N3OS. The molecule has 3 N–H and O–H groups in total. The highest BCUT2D eigenvalue weighted by Gasteiger charge is 2.31. The van der Waals surface area contributed by atoms with Gasteiger partial charge in [0.2, 0.25) is 5.91 Å². The largest absolute Gasteiger partial charge is 0.349 e. The van der Waals surface area contributed by atoms with Crippen molar-refractivity contribution in [1.29, 1.82) is 0 Å². The molecule has 2 atom stereocenters. The van der Waals surface area contributed by atoms with Gasteiger partial charge in [-0.1, -0.05) is 6.42 Å². The Morgan fingerprint density at radius 3 is 2.89 bits per heavy atom. The summed E-state index contributed by atoms with van der Waals surface area (Å²) in [5.41, 5.74) is 5.66. The number of halogens is 2. The third-order valence-electron chi connectivity index (χ3n) is 3.20. The number of rotatable bonds is 4. The second kappa shape index (κ2) is 8.69. The fraction of sp³-hybridized carbons (Fsp3) is 0.636. The standard InChI is InChI=1S/C11H17N3OS.2ClH/c12-6-8-2-1-3-9(8)11(15)14-7-10-13-4-5-16-10;;/h4-5,8-9H,1-3,6-7,12H2,(H,14,15);2*1H/t8-,9-;;/m1../s1. The summed E-state index contributed by atoms with van der Waals surface area (Å²) in [5.74, 6) is 0.629. The first kappa shape index (κ1) is 17.6. The van der Waals surface area contributed by atoms with Gasteiger partial charge in [0, 0.05) is 17.5 Å². The first-order valence-corrected chi connectivity index (χ1v) is 6.55. The smallest absolute Gasteiger partial charge is 0.223 e. The molecule has 1 amide bonds. The number of nitrogens with zero attached hydrogens (tertiary/aromatic N) is 1. The van der Waals surface area contributed by atoms with E-state index in [2.05, 4.69) is 10.3 Å². The zero-order valence-electron chi connectivity index (χ0n) is 10.0. The van der Waals surface area contributed by atoms with Gasteiger partial charge >= 0.3 is 0 Å². The molecule has 1 heterocycles. The zero-order chi connectivity index (χ0) is 11.4. The van der Waals surface area contributed by atoms with E-state index < -0.39 is 0 Å². The maximum absolute atomic E-state index is 11.9. The van der Waals surface area contributed by atoms with Crippen molar-refractivity contribution in [3.05, 3.63) is 16.6 Å². The summed E-state index contributed by atoms with van der Waals surface area (Å²) < 4.78 is 0. The molecule has 1 saturated carbocycles. The van der Waals surface area contributed by atoms with Crippen molar-refractivity contribution >= 4 is 42.1 Å². The molecule has 104 valence electrons. The number of hydrogen-bond donors (Lipinski definition) is 2. The fourth-order valence-electron chi connectivity index (χ4n) is 2.30. The van der Waals surface area contributed by atoms with Crippen LogP contribution in [0.15, 0.2) is 11.6 Å². The number of carbonyl (C=O) groups is 1. The Morgan fingerprint density at radius 2 is 2.28 bits per heavy atom. The van der Waals surface area contributed by atoms with Crippen molar-refractivity contribution in [3.63, 3.8) is 0 Å². The molecule has 0 unspecified atom stereocenters. The van der Waals surface area contributed by atoms with Gasteiger partial charge in [-0.2, -0.15) is 0 Å². The number of carbonyl (C=O) groups excluding carboxylic acids is 1. The van der Waals surface area contributed by atoms with E-state index in [9.17, 15) is 4.79 Å². The molecule has 1 aliphatic carbocycles. The van der Waals surface area contributed by atoms with Crippen LogP contribution in [0.4, 0.5) is 0 Å². The molecule has 1 fully saturated rings. The van der Waals surface area contributed by atoms with Crippen molar-refractivity contribution in [1.82, 2.24) is 10.3 Å². The first-order valence-electron chi connectivity index (χ1n) is 5.67. The van der Waals surface area contributed by atoms with Gasteiger partial charge in [0.1, 0.15) is 5.01 Å². The van der Waals surface area contributed by atoms with Crippen LogP contribution in [-0.4, -0.2) is 17.4 Å². The van der Waals surface area contributed by atoms with Gasteiger partial charge in [-0.05, 0) is 25.3 Å². The van der Waals surface area contributed by atoms with Crippen LogP contribution in [0, 0.1) is 11.8 Å². The number of aromatic nitrogens is 1. The Balaban J connectivity index is 0.00000144. The van der Waals surface area contributed by atoms with Gasteiger partial charge in [-0.25, -0.2) is 4.98 Å². The zero-order valence-corrected chi connectivity index (χ0v) is 12.5. The van der Waals surface area contributed by atoms with Gasteiger partial charge < -0.3 is 11.1 Å².